The van der Waals surface area contributed by atoms with Gasteiger partial charge in [-0.25, -0.2) is 0 Å². The lowest BCUT2D eigenvalue weighted by molar-refractivity contribution is 0.0726. The van der Waals surface area contributed by atoms with E-state index in [9.17, 15) is 14.4 Å². The molecule has 1 aliphatic rings. The van der Waals surface area contributed by atoms with E-state index in [2.05, 4.69) is 10.6 Å². The second-order valence-corrected chi connectivity index (χ2v) is 7.27. The smallest absolute Gasteiger partial charge is 0.253 e. The van der Waals surface area contributed by atoms with Gasteiger partial charge in [-0.05, 0) is 38.1 Å². The first kappa shape index (κ1) is 18.6. The highest BCUT2D eigenvalue weighted by molar-refractivity contribution is 6.35. The highest BCUT2D eigenvalue weighted by Gasteiger charge is 2.54. The Morgan fingerprint density at radius 1 is 0.724 bits per heavy atom. The maximum atomic E-state index is 13.3. The van der Waals surface area contributed by atoms with Crippen molar-refractivity contribution in [1.29, 1.82) is 0 Å². The van der Waals surface area contributed by atoms with Gasteiger partial charge in [0.15, 0.2) is 0 Å². The molecule has 0 spiro atoms. The minimum Gasteiger partial charge on any atom is -0.350 e. The largest absolute Gasteiger partial charge is 0.350 e. The number of hydrogen-bond donors (Lipinski definition) is 2. The molecule has 0 bridgehead atoms. The number of carbonyl (C=O) groups excluding carboxylic acids is 3. The Labute approximate surface area is 168 Å². The first-order valence-corrected chi connectivity index (χ1v) is 9.33. The summed E-state index contributed by atoms with van der Waals surface area (Å²) in [6.07, 6.45) is 0. The molecule has 1 amide bonds. The fourth-order valence-corrected chi connectivity index (χ4v) is 3.45. The number of aryl methyl sites for hydroxylation is 2. The number of ketones is 2. The first-order valence-electron chi connectivity index (χ1n) is 9.33. The van der Waals surface area contributed by atoms with Gasteiger partial charge in [0.25, 0.3) is 5.91 Å². The van der Waals surface area contributed by atoms with E-state index >= 15 is 0 Å². The van der Waals surface area contributed by atoms with Crippen molar-refractivity contribution in [2.75, 3.05) is 5.32 Å². The van der Waals surface area contributed by atoms with Crippen molar-refractivity contribution in [2.24, 2.45) is 0 Å². The maximum absolute atomic E-state index is 13.3. The van der Waals surface area contributed by atoms with Crippen LogP contribution < -0.4 is 10.6 Å². The summed E-state index contributed by atoms with van der Waals surface area (Å²) in [6.45, 7) is 3.86. The predicted octanol–water partition coefficient (Wildman–Crippen LogP) is 3.92. The lowest BCUT2D eigenvalue weighted by atomic mass is 10.0. The van der Waals surface area contributed by atoms with E-state index in [4.69, 9.17) is 0 Å². The zero-order chi connectivity index (χ0) is 20.6. The Balaban J connectivity index is 1.77. The second kappa shape index (κ2) is 7.02. The van der Waals surface area contributed by atoms with Crippen molar-refractivity contribution in [3.63, 3.8) is 0 Å². The molecule has 1 aliphatic carbocycles. The van der Waals surface area contributed by atoms with E-state index in [0.717, 1.165) is 11.1 Å². The van der Waals surface area contributed by atoms with Gasteiger partial charge < -0.3 is 10.6 Å². The Bertz CT molecular complexity index is 1080. The van der Waals surface area contributed by atoms with Crippen LogP contribution in [0.2, 0.25) is 0 Å². The second-order valence-electron chi connectivity index (χ2n) is 7.27. The predicted molar refractivity (Wildman–Crippen MR) is 111 cm³/mol. The van der Waals surface area contributed by atoms with Crippen LogP contribution in [0.3, 0.4) is 0 Å². The van der Waals surface area contributed by atoms with E-state index in [1.807, 2.05) is 38.1 Å². The first-order chi connectivity index (χ1) is 13.9. The summed E-state index contributed by atoms with van der Waals surface area (Å²) < 4.78 is 0. The summed E-state index contributed by atoms with van der Waals surface area (Å²) in [7, 11) is 0. The third kappa shape index (κ3) is 3.21. The molecule has 0 atom stereocenters. The molecule has 144 valence electrons. The molecular weight excluding hydrogens is 364 g/mol. The SMILES string of the molecule is Cc1ccc(NC2(NC(=O)c3ccc(C)cc3)C(=O)c3ccccc3C2=O)cc1. The molecule has 0 aromatic heterocycles. The molecule has 2 N–H and O–H groups in total. The van der Waals surface area contributed by atoms with Gasteiger partial charge in [0.2, 0.25) is 17.2 Å². The Morgan fingerprint density at radius 2 is 1.21 bits per heavy atom. The number of hydrogen-bond acceptors (Lipinski definition) is 4. The van der Waals surface area contributed by atoms with Gasteiger partial charge >= 0.3 is 0 Å². The summed E-state index contributed by atoms with van der Waals surface area (Å²) in [5.41, 5.74) is 1.69. The molecule has 0 saturated carbocycles. The molecule has 0 unspecified atom stereocenters. The normalized spacial score (nSPS) is 14.4. The van der Waals surface area contributed by atoms with E-state index < -0.39 is 23.1 Å². The number of amides is 1. The van der Waals surface area contributed by atoms with Gasteiger partial charge in [-0.15, -0.1) is 0 Å². The molecule has 0 fully saturated rings. The monoisotopic (exact) mass is 384 g/mol. The number of nitrogens with one attached hydrogen (secondary N) is 2. The summed E-state index contributed by atoms with van der Waals surface area (Å²) in [5, 5.41) is 5.70. The maximum Gasteiger partial charge on any atom is 0.253 e. The minimum absolute atomic E-state index is 0.293. The van der Waals surface area contributed by atoms with Gasteiger partial charge in [-0.2, -0.15) is 0 Å². The molecule has 5 nitrogen and oxygen atoms in total. The lowest BCUT2D eigenvalue weighted by Gasteiger charge is -2.29. The average Bonchev–Trinajstić information content (AvgIpc) is 2.93. The summed E-state index contributed by atoms with van der Waals surface area (Å²) in [6, 6.07) is 20.9. The van der Waals surface area contributed by atoms with Crippen molar-refractivity contribution in [2.45, 2.75) is 19.5 Å². The van der Waals surface area contributed by atoms with Crippen molar-refractivity contribution >= 4 is 23.2 Å². The molecule has 3 aromatic carbocycles. The molecule has 3 aromatic rings. The van der Waals surface area contributed by atoms with Crippen LogP contribution in [0.5, 0.6) is 0 Å². The number of anilines is 1. The quantitative estimate of drug-likeness (QED) is 0.528. The Kier molecular flexibility index (Phi) is 4.51. The fraction of sp³-hybridized carbons (Fsp3) is 0.125. The number of rotatable bonds is 4. The van der Waals surface area contributed by atoms with Crippen LogP contribution in [0.25, 0.3) is 0 Å². The Morgan fingerprint density at radius 3 is 1.72 bits per heavy atom. The zero-order valence-electron chi connectivity index (χ0n) is 16.2. The van der Waals surface area contributed by atoms with Crippen molar-refractivity contribution < 1.29 is 14.4 Å². The lowest BCUT2D eigenvalue weighted by Crippen LogP contribution is -2.62. The van der Waals surface area contributed by atoms with Gasteiger partial charge in [-0.1, -0.05) is 59.7 Å². The molecule has 0 saturated heterocycles. The number of fused-ring (bicyclic) bond motifs is 1. The highest BCUT2D eigenvalue weighted by Crippen LogP contribution is 2.32. The number of carbonyl (C=O) groups is 3. The fourth-order valence-electron chi connectivity index (χ4n) is 3.45. The standard InChI is InChI=1S/C24H20N2O3/c1-15-7-11-17(12-8-15)23(29)26-24(25-18-13-9-16(2)10-14-18)21(27)19-5-3-4-6-20(19)22(24)28/h3-14,25H,1-2H3,(H,26,29). The van der Waals surface area contributed by atoms with Gasteiger partial charge in [-0.3, -0.25) is 14.4 Å². The molecule has 0 heterocycles. The van der Waals surface area contributed by atoms with Crippen LogP contribution in [0.15, 0.2) is 72.8 Å². The van der Waals surface area contributed by atoms with E-state index in [1.54, 1.807) is 48.5 Å². The number of benzene rings is 3. The topological polar surface area (TPSA) is 75.3 Å². The van der Waals surface area contributed by atoms with E-state index in [-0.39, 0.29) is 0 Å². The van der Waals surface area contributed by atoms with Crippen LogP contribution in [0.4, 0.5) is 5.69 Å². The molecule has 5 heteroatoms. The van der Waals surface area contributed by atoms with Gasteiger partial charge in [0, 0.05) is 22.4 Å². The van der Waals surface area contributed by atoms with E-state index in [0.29, 0.717) is 22.4 Å². The van der Waals surface area contributed by atoms with Gasteiger partial charge in [0.1, 0.15) is 0 Å². The van der Waals surface area contributed by atoms with Crippen molar-refractivity contribution in [1.82, 2.24) is 5.32 Å². The van der Waals surface area contributed by atoms with Crippen LogP contribution in [0, 0.1) is 13.8 Å². The molecule has 29 heavy (non-hydrogen) atoms. The third-order valence-electron chi connectivity index (χ3n) is 5.10. The van der Waals surface area contributed by atoms with Crippen LogP contribution >= 0.6 is 0 Å². The summed E-state index contributed by atoms with van der Waals surface area (Å²) in [4.78, 5) is 39.6. The highest BCUT2D eigenvalue weighted by atomic mass is 16.2. The third-order valence-corrected chi connectivity index (χ3v) is 5.10. The molecule has 4 rings (SSSR count). The van der Waals surface area contributed by atoms with Gasteiger partial charge in [0.05, 0.1) is 0 Å². The minimum atomic E-state index is -1.89. The number of Topliss-reactive ketones (excluding diaryl/α,β-unsaturated/α-hetero) is 2. The average molecular weight is 384 g/mol. The molecule has 0 radical (unpaired) electrons. The van der Waals surface area contributed by atoms with Crippen molar-refractivity contribution in [3.05, 3.63) is 101 Å². The van der Waals surface area contributed by atoms with Crippen molar-refractivity contribution in [3.8, 4) is 0 Å². The Hall–Kier alpha value is -3.73. The summed E-state index contributed by atoms with van der Waals surface area (Å²) >= 11 is 0. The van der Waals surface area contributed by atoms with Crippen LogP contribution in [-0.4, -0.2) is 23.1 Å². The van der Waals surface area contributed by atoms with Crippen LogP contribution in [-0.2, 0) is 0 Å². The van der Waals surface area contributed by atoms with E-state index in [1.165, 1.54) is 0 Å². The summed E-state index contributed by atoms with van der Waals surface area (Å²) in [5.74, 6) is -1.45. The molecular formula is C24H20N2O3. The molecule has 0 aliphatic heterocycles. The zero-order valence-corrected chi connectivity index (χ0v) is 16.2. The van der Waals surface area contributed by atoms with Crippen LogP contribution in [0.1, 0.15) is 42.2 Å².